The third kappa shape index (κ3) is 3.37. The smallest absolute Gasteiger partial charge is 0.279 e. The summed E-state index contributed by atoms with van der Waals surface area (Å²) in [5.41, 5.74) is 2.80. The Hall–Kier alpha value is -2.40. The van der Waals surface area contributed by atoms with Gasteiger partial charge in [-0.1, -0.05) is 29.5 Å². The van der Waals surface area contributed by atoms with Gasteiger partial charge < -0.3 is 9.47 Å². The summed E-state index contributed by atoms with van der Waals surface area (Å²) in [6, 6.07) is 15.9. The molecule has 0 radical (unpaired) electrons. The summed E-state index contributed by atoms with van der Waals surface area (Å²) >= 11 is 1.59. The minimum absolute atomic E-state index is 0.181. The topological polar surface area (TPSA) is 37.6 Å². The molecule has 2 aromatic carbocycles. The van der Waals surface area contributed by atoms with Crippen molar-refractivity contribution in [2.45, 2.75) is 19.4 Å². The van der Waals surface area contributed by atoms with E-state index in [0.29, 0.717) is 5.56 Å². The lowest BCUT2D eigenvalue weighted by molar-refractivity contribution is 0.0998. The number of benzene rings is 2. The predicted molar refractivity (Wildman–Crippen MR) is 103 cm³/mol. The monoisotopic (exact) mass is 351 g/mol. The second-order valence-electron chi connectivity index (χ2n) is 6.77. The average molecular weight is 351 g/mol. The van der Waals surface area contributed by atoms with Crippen molar-refractivity contribution >= 4 is 33.1 Å². The number of anilines is 1. The zero-order valence-electron chi connectivity index (χ0n) is 14.5. The molecule has 1 fully saturated rings. The van der Waals surface area contributed by atoms with Crippen LogP contribution in [-0.4, -0.2) is 24.6 Å². The first-order valence-corrected chi connectivity index (χ1v) is 9.38. The van der Waals surface area contributed by atoms with Gasteiger partial charge in [-0.3, -0.25) is 4.79 Å². The Labute approximate surface area is 151 Å². The molecular formula is C20H21N3OS. The number of para-hydroxylation sites is 1. The summed E-state index contributed by atoms with van der Waals surface area (Å²) in [7, 11) is 3.94. The second kappa shape index (κ2) is 6.48. The molecule has 1 heterocycles. The summed E-state index contributed by atoms with van der Waals surface area (Å²) in [5, 5.41) is 0. The highest BCUT2D eigenvalue weighted by Gasteiger charge is 2.23. The lowest BCUT2D eigenvalue weighted by Crippen LogP contribution is -2.18. The van der Waals surface area contributed by atoms with Crippen molar-refractivity contribution in [2.24, 2.45) is 10.9 Å². The number of nitrogens with zero attached hydrogens (tertiary/aromatic N) is 3. The molecule has 128 valence electrons. The highest BCUT2D eigenvalue weighted by atomic mass is 32.1. The molecule has 3 aromatic rings. The maximum Gasteiger partial charge on any atom is 0.279 e. The number of fused-ring (bicyclic) bond motifs is 1. The fraction of sp³-hybridized carbons (Fsp3) is 0.300. The van der Waals surface area contributed by atoms with Gasteiger partial charge >= 0.3 is 0 Å². The van der Waals surface area contributed by atoms with E-state index in [1.807, 2.05) is 55.4 Å². The molecule has 0 N–H and O–H groups in total. The number of aromatic nitrogens is 1. The summed E-state index contributed by atoms with van der Waals surface area (Å²) < 4.78 is 3.39. The number of amides is 1. The molecule has 0 atom stereocenters. The third-order valence-electron chi connectivity index (χ3n) is 4.53. The fourth-order valence-corrected chi connectivity index (χ4v) is 3.95. The van der Waals surface area contributed by atoms with Crippen LogP contribution in [0.5, 0.6) is 0 Å². The maximum atomic E-state index is 12.7. The standard InChI is InChI=1S/C20H21N3OS/c1-22(2)16-7-5-6-15(12-16)19(24)21-20-23(13-14-10-11-14)17-8-3-4-9-18(17)25-20/h3-9,12,14H,10-11,13H2,1-2H3. The Morgan fingerprint density at radius 3 is 2.76 bits per heavy atom. The van der Waals surface area contributed by atoms with Crippen LogP contribution in [0.4, 0.5) is 5.69 Å². The van der Waals surface area contributed by atoms with Gasteiger partial charge in [0, 0.05) is 31.9 Å². The van der Waals surface area contributed by atoms with E-state index >= 15 is 0 Å². The van der Waals surface area contributed by atoms with Crippen molar-refractivity contribution in [3.05, 3.63) is 58.9 Å². The minimum Gasteiger partial charge on any atom is -0.378 e. The van der Waals surface area contributed by atoms with E-state index < -0.39 is 0 Å². The quantitative estimate of drug-likeness (QED) is 0.714. The Bertz CT molecular complexity index is 995. The molecule has 1 aliphatic rings. The van der Waals surface area contributed by atoms with Gasteiger partial charge in [0.2, 0.25) is 0 Å². The van der Waals surface area contributed by atoms with Crippen LogP contribution in [0, 0.1) is 5.92 Å². The van der Waals surface area contributed by atoms with E-state index in [4.69, 9.17) is 0 Å². The lowest BCUT2D eigenvalue weighted by Gasteiger charge is -2.12. The Morgan fingerprint density at radius 1 is 1.20 bits per heavy atom. The van der Waals surface area contributed by atoms with Crippen LogP contribution in [0.15, 0.2) is 53.5 Å². The van der Waals surface area contributed by atoms with Crippen LogP contribution in [0.1, 0.15) is 23.2 Å². The summed E-state index contributed by atoms with van der Waals surface area (Å²) in [6.07, 6.45) is 2.55. The van der Waals surface area contributed by atoms with Gasteiger partial charge in [0.05, 0.1) is 10.2 Å². The SMILES string of the molecule is CN(C)c1cccc(C(=O)N=c2sc3ccccc3n2CC2CC2)c1. The summed E-state index contributed by atoms with van der Waals surface area (Å²) in [6.45, 7) is 0.952. The third-order valence-corrected chi connectivity index (χ3v) is 5.59. The minimum atomic E-state index is -0.181. The Morgan fingerprint density at radius 2 is 2.00 bits per heavy atom. The number of rotatable bonds is 4. The van der Waals surface area contributed by atoms with E-state index in [-0.39, 0.29) is 5.91 Å². The van der Waals surface area contributed by atoms with Crippen LogP contribution < -0.4 is 9.70 Å². The van der Waals surface area contributed by atoms with E-state index in [2.05, 4.69) is 21.7 Å². The molecule has 4 rings (SSSR count). The molecule has 0 spiro atoms. The van der Waals surface area contributed by atoms with Crippen LogP contribution in [0.3, 0.4) is 0 Å². The van der Waals surface area contributed by atoms with Crippen molar-refractivity contribution < 1.29 is 4.79 Å². The van der Waals surface area contributed by atoms with Crippen molar-refractivity contribution in [3.8, 4) is 0 Å². The van der Waals surface area contributed by atoms with Crippen molar-refractivity contribution in [1.29, 1.82) is 0 Å². The maximum absolute atomic E-state index is 12.7. The molecule has 4 nitrogen and oxygen atoms in total. The van der Waals surface area contributed by atoms with Gasteiger partial charge in [-0.05, 0) is 49.1 Å². The number of carbonyl (C=O) groups is 1. The first-order chi connectivity index (χ1) is 12.1. The first-order valence-electron chi connectivity index (χ1n) is 8.56. The number of carbonyl (C=O) groups excluding carboxylic acids is 1. The molecule has 1 amide bonds. The van der Waals surface area contributed by atoms with Crippen LogP contribution in [0.25, 0.3) is 10.2 Å². The summed E-state index contributed by atoms with van der Waals surface area (Å²) in [5.74, 6) is 0.545. The molecule has 0 aliphatic heterocycles. The van der Waals surface area contributed by atoms with Crippen molar-refractivity contribution in [1.82, 2.24) is 4.57 Å². The van der Waals surface area contributed by atoms with Crippen LogP contribution >= 0.6 is 11.3 Å². The lowest BCUT2D eigenvalue weighted by atomic mass is 10.2. The van der Waals surface area contributed by atoms with Gasteiger partial charge in [0.25, 0.3) is 5.91 Å². The average Bonchev–Trinajstić information content (AvgIpc) is 3.37. The molecule has 0 unspecified atom stereocenters. The van der Waals surface area contributed by atoms with Gasteiger partial charge in [-0.15, -0.1) is 0 Å². The Kier molecular flexibility index (Phi) is 4.17. The molecule has 1 aromatic heterocycles. The summed E-state index contributed by atoms with van der Waals surface area (Å²) in [4.78, 5) is 20.0. The molecular weight excluding hydrogens is 330 g/mol. The number of hydrogen-bond donors (Lipinski definition) is 0. The van der Waals surface area contributed by atoms with E-state index in [1.165, 1.54) is 23.1 Å². The predicted octanol–water partition coefficient (Wildman–Crippen LogP) is 3.92. The zero-order valence-corrected chi connectivity index (χ0v) is 15.3. The van der Waals surface area contributed by atoms with Gasteiger partial charge in [-0.25, -0.2) is 0 Å². The van der Waals surface area contributed by atoms with E-state index in [0.717, 1.165) is 23.0 Å². The zero-order chi connectivity index (χ0) is 17.4. The molecule has 5 heteroatoms. The molecule has 1 saturated carbocycles. The molecule has 0 bridgehead atoms. The van der Waals surface area contributed by atoms with Crippen molar-refractivity contribution in [3.63, 3.8) is 0 Å². The largest absolute Gasteiger partial charge is 0.378 e. The van der Waals surface area contributed by atoms with Crippen LogP contribution in [-0.2, 0) is 6.54 Å². The highest BCUT2D eigenvalue weighted by Crippen LogP contribution is 2.31. The van der Waals surface area contributed by atoms with Gasteiger partial charge in [-0.2, -0.15) is 4.99 Å². The molecule has 0 saturated heterocycles. The van der Waals surface area contributed by atoms with Gasteiger partial charge in [0.15, 0.2) is 4.80 Å². The number of thiazole rings is 1. The highest BCUT2D eigenvalue weighted by molar-refractivity contribution is 7.16. The Balaban J connectivity index is 1.77. The van der Waals surface area contributed by atoms with Crippen LogP contribution in [0.2, 0.25) is 0 Å². The first kappa shape index (κ1) is 16.1. The van der Waals surface area contributed by atoms with Crippen molar-refractivity contribution in [2.75, 3.05) is 19.0 Å². The fourth-order valence-electron chi connectivity index (χ4n) is 2.91. The molecule has 1 aliphatic carbocycles. The molecule has 25 heavy (non-hydrogen) atoms. The number of hydrogen-bond acceptors (Lipinski definition) is 3. The van der Waals surface area contributed by atoms with E-state index in [9.17, 15) is 4.79 Å². The van der Waals surface area contributed by atoms with Gasteiger partial charge in [0.1, 0.15) is 0 Å². The second-order valence-corrected chi connectivity index (χ2v) is 7.78. The normalized spacial score (nSPS) is 14.9. The van der Waals surface area contributed by atoms with E-state index in [1.54, 1.807) is 11.3 Å².